The van der Waals surface area contributed by atoms with Crippen molar-refractivity contribution >= 4 is 49.3 Å². The van der Waals surface area contributed by atoms with Crippen molar-refractivity contribution in [2.45, 2.75) is 5.51 Å². The number of para-hydroxylation sites is 1. The summed E-state index contributed by atoms with van der Waals surface area (Å²) in [6.45, 7) is 0.255. The molecule has 0 amide bonds. The van der Waals surface area contributed by atoms with E-state index < -0.39 is 5.51 Å². The second-order valence-electron chi connectivity index (χ2n) is 2.82. The van der Waals surface area contributed by atoms with E-state index in [4.69, 9.17) is 0 Å². The molecule has 0 atom stereocenters. The average Bonchev–Trinajstić information content (AvgIpc) is 2.14. The summed E-state index contributed by atoms with van der Waals surface area (Å²) in [4.78, 5) is 0. The molecular formula is C9H8Br2F3NS. The van der Waals surface area contributed by atoms with Crippen LogP contribution < -0.4 is 5.32 Å². The van der Waals surface area contributed by atoms with Gasteiger partial charge in [0.1, 0.15) is 0 Å². The number of alkyl halides is 3. The molecule has 0 aliphatic rings. The van der Waals surface area contributed by atoms with Gasteiger partial charge >= 0.3 is 5.51 Å². The van der Waals surface area contributed by atoms with Gasteiger partial charge < -0.3 is 5.32 Å². The maximum absolute atomic E-state index is 11.9. The molecule has 0 heterocycles. The monoisotopic (exact) mass is 377 g/mol. The lowest BCUT2D eigenvalue weighted by Crippen LogP contribution is -2.10. The first-order chi connectivity index (χ1) is 7.40. The second kappa shape index (κ2) is 6.16. The van der Waals surface area contributed by atoms with Crippen molar-refractivity contribution in [3.05, 3.63) is 27.1 Å². The molecule has 0 unspecified atom stereocenters. The standard InChI is InChI=1S/C9H8Br2F3NS/c10-6-2-1-3-7(11)8(6)15-4-5-16-9(12,13)14/h1-3,15H,4-5H2. The Morgan fingerprint density at radius 2 is 1.75 bits per heavy atom. The van der Waals surface area contributed by atoms with E-state index in [1.54, 1.807) is 0 Å². The fraction of sp³-hybridized carbons (Fsp3) is 0.333. The van der Waals surface area contributed by atoms with E-state index in [1.165, 1.54) is 0 Å². The molecule has 0 spiro atoms. The van der Waals surface area contributed by atoms with Gasteiger partial charge in [-0.15, -0.1) is 0 Å². The first-order valence-corrected chi connectivity index (χ1v) is 6.86. The minimum atomic E-state index is -4.16. The second-order valence-corrected chi connectivity index (χ2v) is 5.69. The summed E-state index contributed by atoms with van der Waals surface area (Å²) in [5.41, 5.74) is -3.39. The summed E-state index contributed by atoms with van der Waals surface area (Å²) in [6, 6.07) is 5.48. The summed E-state index contributed by atoms with van der Waals surface area (Å²) in [7, 11) is 0. The quantitative estimate of drug-likeness (QED) is 0.749. The van der Waals surface area contributed by atoms with Gasteiger partial charge in [0, 0.05) is 21.2 Å². The Balaban J connectivity index is 2.43. The van der Waals surface area contributed by atoms with E-state index >= 15 is 0 Å². The molecule has 0 aliphatic carbocycles. The third-order valence-corrected chi connectivity index (χ3v) is 3.69. The highest BCUT2D eigenvalue weighted by Crippen LogP contribution is 2.32. The summed E-state index contributed by atoms with van der Waals surface area (Å²) in [5.74, 6) is -0.0166. The topological polar surface area (TPSA) is 12.0 Å². The van der Waals surface area contributed by atoms with Gasteiger partial charge in [0.2, 0.25) is 0 Å². The maximum atomic E-state index is 11.9. The van der Waals surface area contributed by atoms with Crippen LogP contribution in [0.1, 0.15) is 0 Å². The third-order valence-electron chi connectivity index (χ3n) is 1.63. The van der Waals surface area contributed by atoms with Gasteiger partial charge in [-0.05, 0) is 55.8 Å². The largest absolute Gasteiger partial charge is 0.441 e. The van der Waals surface area contributed by atoms with Crippen molar-refractivity contribution in [3.8, 4) is 0 Å². The molecular weight excluding hydrogens is 371 g/mol. The lowest BCUT2D eigenvalue weighted by Gasteiger charge is -2.11. The molecule has 1 aromatic rings. The zero-order valence-corrected chi connectivity index (χ0v) is 11.9. The Bertz CT molecular complexity index is 337. The van der Waals surface area contributed by atoms with E-state index in [-0.39, 0.29) is 24.1 Å². The Morgan fingerprint density at radius 3 is 2.25 bits per heavy atom. The van der Waals surface area contributed by atoms with Crippen molar-refractivity contribution in [1.29, 1.82) is 0 Å². The van der Waals surface area contributed by atoms with E-state index in [9.17, 15) is 13.2 Å². The predicted molar refractivity (Wildman–Crippen MR) is 68.8 cm³/mol. The highest BCUT2D eigenvalue weighted by molar-refractivity contribution is 9.11. The van der Waals surface area contributed by atoms with Crippen molar-refractivity contribution < 1.29 is 13.2 Å². The number of nitrogens with one attached hydrogen (secondary N) is 1. The van der Waals surface area contributed by atoms with Crippen LogP contribution in [0.15, 0.2) is 27.1 Å². The molecule has 0 fully saturated rings. The summed E-state index contributed by atoms with van der Waals surface area (Å²) >= 11 is 6.61. The van der Waals surface area contributed by atoms with E-state index in [1.807, 2.05) is 18.2 Å². The number of benzene rings is 1. The van der Waals surface area contributed by atoms with Gasteiger partial charge in [-0.3, -0.25) is 0 Å². The number of hydrogen-bond acceptors (Lipinski definition) is 2. The first-order valence-electron chi connectivity index (χ1n) is 4.29. The van der Waals surface area contributed by atoms with Crippen LogP contribution in [0.2, 0.25) is 0 Å². The summed E-state index contributed by atoms with van der Waals surface area (Å²) in [6.07, 6.45) is 0. The first kappa shape index (κ1) is 14.2. The van der Waals surface area contributed by atoms with Crippen LogP contribution in [0, 0.1) is 0 Å². The summed E-state index contributed by atoms with van der Waals surface area (Å²) in [5, 5.41) is 2.94. The van der Waals surface area contributed by atoms with Crippen molar-refractivity contribution in [3.63, 3.8) is 0 Å². The van der Waals surface area contributed by atoms with Gasteiger partial charge in [0.25, 0.3) is 0 Å². The molecule has 0 aliphatic heterocycles. The van der Waals surface area contributed by atoms with Gasteiger partial charge in [-0.25, -0.2) is 0 Å². The van der Waals surface area contributed by atoms with Gasteiger partial charge in [0.15, 0.2) is 0 Å². The molecule has 90 valence electrons. The highest BCUT2D eigenvalue weighted by Gasteiger charge is 2.27. The minimum Gasteiger partial charge on any atom is -0.382 e. The number of halogens is 5. The SMILES string of the molecule is FC(F)(F)SCCNc1c(Br)cccc1Br. The Hall–Kier alpha value is 0.120. The zero-order valence-electron chi connectivity index (χ0n) is 7.94. The van der Waals surface area contributed by atoms with E-state index in [2.05, 4.69) is 37.2 Å². The third kappa shape index (κ3) is 4.97. The van der Waals surface area contributed by atoms with Crippen LogP contribution in [0.3, 0.4) is 0 Å². The van der Waals surface area contributed by atoms with Gasteiger partial charge in [-0.1, -0.05) is 6.07 Å². The lowest BCUT2D eigenvalue weighted by molar-refractivity contribution is -0.0327. The van der Waals surface area contributed by atoms with Crippen LogP contribution in [-0.2, 0) is 0 Å². The smallest absolute Gasteiger partial charge is 0.382 e. The van der Waals surface area contributed by atoms with Crippen LogP contribution in [0.5, 0.6) is 0 Å². The van der Waals surface area contributed by atoms with Crippen molar-refractivity contribution in [2.24, 2.45) is 0 Å². The number of thioether (sulfide) groups is 1. The molecule has 0 saturated carbocycles. The molecule has 0 aromatic heterocycles. The number of rotatable bonds is 4. The van der Waals surface area contributed by atoms with Crippen LogP contribution >= 0.6 is 43.6 Å². The fourth-order valence-electron chi connectivity index (χ4n) is 1.01. The number of hydrogen-bond donors (Lipinski definition) is 1. The zero-order chi connectivity index (χ0) is 12.2. The molecule has 0 bridgehead atoms. The molecule has 1 nitrogen and oxygen atoms in total. The van der Waals surface area contributed by atoms with Crippen molar-refractivity contribution in [1.82, 2.24) is 0 Å². The van der Waals surface area contributed by atoms with Gasteiger partial charge in [-0.2, -0.15) is 13.2 Å². The maximum Gasteiger partial charge on any atom is 0.441 e. The van der Waals surface area contributed by atoms with Crippen LogP contribution in [0.25, 0.3) is 0 Å². The molecule has 0 radical (unpaired) electrons. The average molecular weight is 379 g/mol. The highest BCUT2D eigenvalue weighted by atomic mass is 79.9. The minimum absolute atomic E-state index is 0.0166. The molecule has 1 N–H and O–H groups in total. The molecule has 1 rings (SSSR count). The van der Waals surface area contributed by atoms with E-state index in [0.717, 1.165) is 14.6 Å². The molecule has 1 aromatic carbocycles. The lowest BCUT2D eigenvalue weighted by atomic mass is 10.3. The summed E-state index contributed by atoms with van der Waals surface area (Å²) < 4.78 is 37.2. The van der Waals surface area contributed by atoms with Crippen molar-refractivity contribution in [2.75, 3.05) is 17.6 Å². The normalized spacial score (nSPS) is 11.6. The van der Waals surface area contributed by atoms with Gasteiger partial charge in [0.05, 0.1) is 5.69 Å². The van der Waals surface area contributed by atoms with E-state index in [0.29, 0.717) is 0 Å². The fourth-order valence-corrected chi connectivity index (χ4v) is 2.72. The Labute approximate surface area is 112 Å². The Kier molecular flexibility index (Phi) is 5.46. The van der Waals surface area contributed by atoms with Crippen LogP contribution in [-0.4, -0.2) is 17.8 Å². The van der Waals surface area contributed by atoms with Crippen LogP contribution in [0.4, 0.5) is 18.9 Å². The predicted octanol–water partition coefficient (Wildman–Crippen LogP) is 4.88. The molecule has 16 heavy (non-hydrogen) atoms. The molecule has 7 heteroatoms. The molecule has 0 saturated heterocycles. The number of anilines is 1. The Morgan fingerprint density at radius 1 is 1.19 bits per heavy atom.